The summed E-state index contributed by atoms with van der Waals surface area (Å²) in [5.74, 6) is 2.73. The zero-order chi connectivity index (χ0) is 11.1. The first-order valence-electron chi connectivity index (χ1n) is 5.48. The van der Waals surface area contributed by atoms with Gasteiger partial charge in [0.15, 0.2) is 0 Å². The fourth-order valence-electron chi connectivity index (χ4n) is 1.34. The Morgan fingerprint density at radius 3 is 2.47 bits per heavy atom. The van der Waals surface area contributed by atoms with Crippen LogP contribution in [0.4, 0.5) is 0 Å². The summed E-state index contributed by atoms with van der Waals surface area (Å²) in [6.45, 7) is 4.40. The van der Waals surface area contributed by atoms with Gasteiger partial charge in [-0.05, 0) is 43.6 Å². The van der Waals surface area contributed by atoms with E-state index in [1.807, 2.05) is 11.8 Å². The van der Waals surface area contributed by atoms with Gasteiger partial charge in [-0.15, -0.1) is 23.4 Å². The zero-order valence-corrected chi connectivity index (χ0v) is 11.1. The summed E-state index contributed by atoms with van der Waals surface area (Å²) < 4.78 is 0. The van der Waals surface area contributed by atoms with Crippen molar-refractivity contribution in [2.24, 2.45) is 5.92 Å². The molecule has 0 radical (unpaired) electrons. The van der Waals surface area contributed by atoms with Gasteiger partial charge in [0.1, 0.15) is 0 Å². The van der Waals surface area contributed by atoms with Gasteiger partial charge in [0.05, 0.1) is 0 Å². The zero-order valence-electron chi connectivity index (χ0n) is 9.50. The van der Waals surface area contributed by atoms with Crippen molar-refractivity contribution in [3.8, 4) is 0 Å². The Bertz CT molecular complexity index is 268. The molecule has 0 amide bonds. The van der Waals surface area contributed by atoms with Gasteiger partial charge in [-0.3, -0.25) is 0 Å². The Balaban J connectivity index is 2.22. The van der Waals surface area contributed by atoms with Crippen molar-refractivity contribution in [2.45, 2.75) is 31.6 Å². The molecule has 0 spiro atoms. The minimum Gasteiger partial charge on any atom is -0.127 e. The third-order valence-corrected chi connectivity index (χ3v) is 3.77. The molecule has 0 aliphatic heterocycles. The average Bonchev–Trinajstić information content (AvgIpc) is 2.21. The molecule has 15 heavy (non-hydrogen) atoms. The standard InChI is InChI=1S/C13H19ClS/c1-11-3-5-13(6-4-11)15-10-8-12(2)7-9-14/h3-6,12H,7-10H2,1-2H3. The summed E-state index contributed by atoms with van der Waals surface area (Å²) in [5.41, 5.74) is 1.33. The first-order valence-corrected chi connectivity index (χ1v) is 7.00. The van der Waals surface area contributed by atoms with Crippen LogP contribution < -0.4 is 0 Å². The summed E-state index contributed by atoms with van der Waals surface area (Å²) in [6, 6.07) is 8.74. The fraction of sp³-hybridized carbons (Fsp3) is 0.538. The molecule has 0 bridgehead atoms. The third kappa shape index (κ3) is 5.48. The molecule has 0 aliphatic rings. The van der Waals surface area contributed by atoms with Crippen LogP contribution in [0.1, 0.15) is 25.3 Å². The molecule has 0 nitrogen and oxygen atoms in total. The van der Waals surface area contributed by atoms with Crippen LogP contribution in [0.15, 0.2) is 29.2 Å². The van der Waals surface area contributed by atoms with Crippen molar-refractivity contribution >= 4 is 23.4 Å². The molecule has 1 unspecified atom stereocenters. The number of halogens is 1. The fourth-order valence-corrected chi connectivity index (χ4v) is 2.80. The van der Waals surface area contributed by atoms with Gasteiger partial charge >= 0.3 is 0 Å². The lowest BCUT2D eigenvalue weighted by Crippen LogP contribution is -1.97. The molecule has 1 aromatic carbocycles. The first-order chi connectivity index (χ1) is 7.22. The van der Waals surface area contributed by atoms with E-state index in [-0.39, 0.29) is 0 Å². The molecule has 0 heterocycles. The van der Waals surface area contributed by atoms with E-state index in [2.05, 4.69) is 38.1 Å². The lowest BCUT2D eigenvalue weighted by atomic mass is 10.1. The SMILES string of the molecule is Cc1ccc(SCCC(C)CCCl)cc1. The van der Waals surface area contributed by atoms with Crippen LogP contribution in [0.2, 0.25) is 0 Å². The molecule has 0 fully saturated rings. The van der Waals surface area contributed by atoms with Crippen LogP contribution in [-0.2, 0) is 0 Å². The number of alkyl halides is 1. The largest absolute Gasteiger partial charge is 0.127 e. The van der Waals surface area contributed by atoms with E-state index in [0.29, 0.717) is 0 Å². The molecule has 84 valence electrons. The second kappa shape index (κ2) is 7.19. The number of benzene rings is 1. The van der Waals surface area contributed by atoms with Crippen molar-refractivity contribution in [2.75, 3.05) is 11.6 Å². The lowest BCUT2D eigenvalue weighted by Gasteiger charge is -2.08. The topological polar surface area (TPSA) is 0 Å². The molecule has 0 aromatic heterocycles. The van der Waals surface area contributed by atoms with Crippen LogP contribution >= 0.6 is 23.4 Å². The van der Waals surface area contributed by atoms with Crippen molar-refractivity contribution < 1.29 is 0 Å². The van der Waals surface area contributed by atoms with Gasteiger partial charge in [-0.2, -0.15) is 0 Å². The van der Waals surface area contributed by atoms with E-state index in [1.165, 1.54) is 22.6 Å². The highest BCUT2D eigenvalue weighted by molar-refractivity contribution is 7.99. The number of aryl methyl sites for hydroxylation is 1. The van der Waals surface area contributed by atoms with E-state index in [0.717, 1.165) is 18.2 Å². The van der Waals surface area contributed by atoms with E-state index in [9.17, 15) is 0 Å². The number of rotatable bonds is 6. The quantitative estimate of drug-likeness (QED) is 0.513. The summed E-state index contributed by atoms with van der Waals surface area (Å²) in [6.07, 6.45) is 2.39. The second-order valence-corrected chi connectivity index (χ2v) is 5.58. The van der Waals surface area contributed by atoms with Gasteiger partial charge in [-0.25, -0.2) is 0 Å². The predicted octanol–water partition coefficient (Wildman–Crippen LogP) is 4.74. The maximum atomic E-state index is 5.70. The van der Waals surface area contributed by atoms with Gasteiger partial charge in [0.25, 0.3) is 0 Å². The van der Waals surface area contributed by atoms with Crippen LogP contribution in [0.5, 0.6) is 0 Å². The van der Waals surface area contributed by atoms with Gasteiger partial charge in [-0.1, -0.05) is 24.6 Å². The Hall–Kier alpha value is -0.140. The van der Waals surface area contributed by atoms with Crippen LogP contribution in [-0.4, -0.2) is 11.6 Å². The summed E-state index contributed by atoms with van der Waals surface area (Å²) in [4.78, 5) is 1.37. The number of hydrogen-bond donors (Lipinski definition) is 0. The maximum Gasteiger partial charge on any atom is 0.0225 e. The minimum absolute atomic E-state index is 0.750. The molecule has 2 heteroatoms. The third-order valence-electron chi connectivity index (χ3n) is 2.50. The Kier molecular flexibility index (Phi) is 6.19. The molecular weight excluding hydrogens is 224 g/mol. The van der Waals surface area contributed by atoms with Gasteiger partial charge in [0, 0.05) is 10.8 Å². The summed E-state index contributed by atoms with van der Waals surface area (Å²) in [5, 5.41) is 0. The molecule has 0 N–H and O–H groups in total. The normalized spacial score (nSPS) is 12.7. The lowest BCUT2D eigenvalue weighted by molar-refractivity contribution is 0.552. The monoisotopic (exact) mass is 242 g/mol. The second-order valence-electron chi connectivity index (χ2n) is 4.03. The highest BCUT2D eigenvalue weighted by Crippen LogP contribution is 2.21. The van der Waals surface area contributed by atoms with Crippen molar-refractivity contribution in [1.82, 2.24) is 0 Å². The molecule has 0 aliphatic carbocycles. The van der Waals surface area contributed by atoms with E-state index < -0.39 is 0 Å². The smallest absolute Gasteiger partial charge is 0.0225 e. The Labute approximate surface area is 102 Å². The van der Waals surface area contributed by atoms with Crippen molar-refractivity contribution in [1.29, 1.82) is 0 Å². The van der Waals surface area contributed by atoms with Crippen molar-refractivity contribution in [3.63, 3.8) is 0 Å². The average molecular weight is 243 g/mol. The number of hydrogen-bond acceptors (Lipinski definition) is 1. The molecule has 1 atom stereocenters. The van der Waals surface area contributed by atoms with E-state index >= 15 is 0 Å². The Morgan fingerprint density at radius 2 is 1.87 bits per heavy atom. The molecule has 0 saturated heterocycles. The summed E-state index contributed by atoms with van der Waals surface area (Å²) >= 11 is 7.64. The number of thioether (sulfide) groups is 1. The molecule has 1 aromatic rings. The molecule has 0 saturated carbocycles. The molecular formula is C13H19ClS. The van der Waals surface area contributed by atoms with E-state index in [4.69, 9.17) is 11.6 Å². The van der Waals surface area contributed by atoms with Gasteiger partial charge < -0.3 is 0 Å². The summed E-state index contributed by atoms with van der Waals surface area (Å²) in [7, 11) is 0. The Morgan fingerprint density at radius 1 is 1.20 bits per heavy atom. The first kappa shape index (κ1) is 12.9. The van der Waals surface area contributed by atoms with Crippen molar-refractivity contribution in [3.05, 3.63) is 29.8 Å². The van der Waals surface area contributed by atoms with Crippen LogP contribution in [0, 0.1) is 12.8 Å². The van der Waals surface area contributed by atoms with Crippen LogP contribution in [0.25, 0.3) is 0 Å². The minimum atomic E-state index is 0.750. The highest BCUT2D eigenvalue weighted by Gasteiger charge is 2.01. The van der Waals surface area contributed by atoms with Crippen LogP contribution in [0.3, 0.4) is 0 Å². The maximum absolute atomic E-state index is 5.70. The van der Waals surface area contributed by atoms with Gasteiger partial charge in [0.2, 0.25) is 0 Å². The van der Waals surface area contributed by atoms with E-state index in [1.54, 1.807) is 0 Å². The predicted molar refractivity (Wildman–Crippen MR) is 71.0 cm³/mol. The highest BCUT2D eigenvalue weighted by atomic mass is 35.5. The molecule has 1 rings (SSSR count).